The molecule has 1 aromatic heterocycles. The normalized spacial score (nSPS) is 27.2. The van der Waals surface area contributed by atoms with Gasteiger partial charge in [-0.1, -0.05) is 0 Å². The molecule has 0 aliphatic carbocycles. The molecule has 1 fully saturated rings. The first kappa shape index (κ1) is 23.3. The Kier molecular flexibility index (Phi) is 6.99. The third-order valence-corrected chi connectivity index (χ3v) is 6.99. The standard InChI is InChI=1S/C9H15N2O14P3/c12-5-3-8(11-2-1-7(13)10-9(11)14)23-6(5)4-22-27(18,19)25-28(20,21)24-26(15,16)17/h1-2,5-6,8,12H,3-4H2,(H,18,19)(H,20,21)(H,10,13,14)(H2,15,16,17)/t5-,6-,8-/m1/s1. The molecule has 5 atom stereocenters. The van der Waals surface area contributed by atoms with Crippen molar-refractivity contribution >= 4 is 23.5 Å². The maximum Gasteiger partial charge on any atom is 0.490 e. The van der Waals surface area contributed by atoms with Gasteiger partial charge in [0.2, 0.25) is 0 Å². The molecule has 1 saturated heterocycles. The van der Waals surface area contributed by atoms with Crippen LogP contribution in [0.2, 0.25) is 0 Å². The fourth-order valence-corrected chi connectivity index (χ4v) is 5.19. The molecular formula is C9H15N2O14P3. The fraction of sp³-hybridized carbons (Fsp3) is 0.556. The number of rotatable bonds is 8. The molecule has 1 aromatic rings. The summed E-state index contributed by atoms with van der Waals surface area (Å²) in [7, 11) is -16.6. The van der Waals surface area contributed by atoms with E-state index in [0.29, 0.717) is 0 Å². The largest absolute Gasteiger partial charge is 0.490 e. The second-order valence-corrected chi connectivity index (χ2v) is 9.76. The van der Waals surface area contributed by atoms with E-state index in [1.807, 2.05) is 4.98 Å². The molecule has 0 bridgehead atoms. The quantitative estimate of drug-likeness (QED) is 0.239. The van der Waals surface area contributed by atoms with Gasteiger partial charge >= 0.3 is 29.2 Å². The number of phosphoric ester groups is 1. The predicted octanol–water partition coefficient (Wildman–Crippen LogP) is -1.47. The summed E-state index contributed by atoms with van der Waals surface area (Å²) < 4.78 is 51.0. The molecule has 0 aromatic carbocycles. The van der Waals surface area contributed by atoms with E-state index in [0.717, 1.165) is 16.8 Å². The summed E-state index contributed by atoms with van der Waals surface area (Å²) >= 11 is 0. The summed E-state index contributed by atoms with van der Waals surface area (Å²) in [5.74, 6) is 0. The number of aromatic nitrogens is 2. The second kappa shape index (κ2) is 8.40. The van der Waals surface area contributed by atoms with Gasteiger partial charge in [0.1, 0.15) is 12.3 Å². The van der Waals surface area contributed by atoms with E-state index in [1.54, 1.807) is 0 Å². The van der Waals surface area contributed by atoms with Gasteiger partial charge in [0.05, 0.1) is 12.7 Å². The number of aliphatic hydroxyl groups is 1. The van der Waals surface area contributed by atoms with Gasteiger partial charge in [-0.05, 0) is 0 Å². The van der Waals surface area contributed by atoms with Crippen LogP contribution in [0.3, 0.4) is 0 Å². The molecule has 19 heteroatoms. The first-order valence-electron chi connectivity index (χ1n) is 7.11. The van der Waals surface area contributed by atoms with E-state index < -0.39 is 59.8 Å². The van der Waals surface area contributed by atoms with Crippen molar-refractivity contribution in [2.75, 3.05) is 6.61 Å². The molecule has 2 unspecified atom stereocenters. The van der Waals surface area contributed by atoms with Crippen molar-refractivity contribution < 1.29 is 56.3 Å². The van der Waals surface area contributed by atoms with Crippen LogP contribution < -0.4 is 11.2 Å². The van der Waals surface area contributed by atoms with Crippen molar-refractivity contribution in [1.29, 1.82) is 0 Å². The minimum atomic E-state index is -5.67. The monoisotopic (exact) mass is 468 g/mol. The predicted molar refractivity (Wildman–Crippen MR) is 85.7 cm³/mol. The number of hydrogen-bond donors (Lipinski definition) is 6. The van der Waals surface area contributed by atoms with Crippen LogP contribution in [0.5, 0.6) is 0 Å². The summed E-state index contributed by atoms with van der Waals surface area (Å²) in [5, 5.41) is 9.91. The highest BCUT2D eigenvalue weighted by Crippen LogP contribution is 2.66. The number of phosphoric acid groups is 3. The molecule has 1 aliphatic rings. The zero-order valence-electron chi connectivity index (χ0n) is 13.5. The molecular weight excluding hydrogens is 453 g/mol. The third-order valence-electron chi connectivity index (χ3n) is 3.18. The highest BCUT2D eigenvalue weighted by atomic mass is 31.3. The van der Waals surface area contributed by atoms with Gasteiger partial charge in [-0.3, -0.25) is 18.9 Å². The van der Waals surface area contributed by atoms with Gasteiger partial charge in [0.25, 0.3) is 5.56 Å². The minimum Gasteiger partial charge on any atom is -0.390 e. The SMILES string of the molecule is O=c1ccn([C@H]2C[C@@H](O)[C@@H](COP(=O)(O)OP(=O)(O)OP(=O)(O)O)O2)c(=O)[nH]1. The Morgan fingerprint density at radius 1 is 1.14 bits per heavy atom. The van der Waals surface area contributed by atoms with Gasteiger partial charge in [-0.25, -0.2) is 18.5 Å². The van der Waals surface area contributed by atoms with Gasteiger partial charge in [-0.15, -0.1) is 0 Å². The highest BCUT2D eigenvalue weighted by Gasteiger charge is 2.42. The summed E-state index contributed by atoms with van der Waals surface area (Å²) in [6.07, 6.45) is -2.74. The van der Waals surface area contributed by atoms with Crippen LogP contribution in [0.4, 0.5) is 0 Å². The van der Waals surface area contributed by atoms with Crippen LogP contribution in [0, 0.1) is 0 Å². The first-order chi connectivity index (χ1) is 12.7. The van der Waals surface area contributed by atoms with Crippen LogP contribution >= 0.6 is 23.5 Å². The third kappa shape index (κ3) is 6.81. The average molecular weight is 468 g/mol. The molecule has 0 spiro atoms. The van der Waals surface area contributed by atoms with Crippen LogP contribution in [0.1, 0.15) is 12.6 Å². The maximum atomic E-state index is 11.7. The van der Waals surface area contributed by atoms with Crippen molar-refractivity contribution in [3.05, 3.63) is 33.1 Å². The molecule has 0 radical (unpaired) electrons. The van der Waals surface area contributed by atoms with Gasteiger partial charge in [-0.2, -0.15) is 8.62 Å². The van der Waals surface area contributed by atoms with Crippen LogP contribution in [-0.4, -0.2) is 53.0 Å². The summed E-state index contributed by atoms with van der Waals surface area (Å²) in [6, 6.07) is 1.02. The Balaban J connectivity index is 1.99. The lowest BCUT2D eigenvalue weighted by atomic mass is 10.2. The number of aliphatic hydroxyl groups excluding tert-OH is 1. The highest BCUT2D eigenvalue weighted by molar-refractivity contribution is 7.66. The van der Waals surface area contributed by atoms with E-state index in [9.17, 15) is 33.3 Å². The topological polar surface area (TPSA) is 244 Å². The Hall–Kier alpha value is -0.990. The Bertz CT molecular complexity index is 965. The van der Waals surface area contributed by atoms with E-state index in [2.05, 4.69) is 13.1 Å². The molecule has 28 heavy (non-hydrogen) atoms. The molecule has 16 nitrogen and oxygen atoms in total. The number of ether oxygens (including phenoxy) is 1. The zero-order valence-corrected chi connectivity index (χ0v) is 16.2. The minimum absolute atomic E-state index is 0.170. The van der Waals surface area contributed by atoms with E-state index in [-0.39, 0.29) is 6.42 Å². The number of nitrogens with one attached hydrogen (secondary N) is 1. The number of hydrogen-bond acceptors (Lipinski definition) is 10. The Labute approximate surface area is 154 Å². The van der Waals surface area contributed by atoms with Gasteiger partial charge < -0.3 is 29.4 Å². The molecule has 160 valence electrons. The van der Waals surface area contributed by atoms with Crippen LogP contribution in [-0.2, 0) is 31.6 Å². The lowest BCUT2D eigenvalue weighted by Gasteiger charge is -2.19. The van der Waals surface area contributed by atoms with Crippen molar-refractivity contribution in [2.24, 2.45) is 0 Å². The smallest absolute Gasteiger partial charge is 0.390 e. The van der Waals surface area contributed by atoms with Crippen LogP contribution in [0.25, 0.3) is 0 Å². The molecule has 2 rings (SSSR count). The van der Waals surface area contributed by atoms with Crippen molar-refractivity contribution in [2.45, 2.75) is 24.9 Å². The average Bonchev–Trinajstić information content (AvgIpc) is 2.82. The zero-order chi connectivity index (χ0) is 21.3. The Morgan fingerprint density at radius 2 is 1.79 bits per heavy atom. The summed E-state index contributed by atoms with van der Waals surface area (Å²) in [5.41, 5.74) is -1.50. The molecule has 0 amide bonds. The molecule has 0 saturated carbocycles. The van der Waals surface area contributed by atoms with Crippen molar-refractivity contribution in [3.8, 4) is 0 Å². The van der Waals surface area contributed by atoms with Gasteiger partial charge in [0.15, 0.2) is 0 Å². The lowest BCUT2D eigenvalue weighted by Crippen LogP contribution is -2.31. The van der Waals surface area contributed by atoms with E-state index >= 15 is 0 Å². The Morgan fingerprint density at radius 3 is 2.36 bits per heavy atom. The van der Waals surface area contributed by atoms with Crippen LogP contribution in [0.15, 0.2) is 21.9 Å². The van der Waals surface area contributed by atoms with E-state index in [4.69, 9.17) is 19.4 Å². The van der Waals surface area contributed by atoms with Gasteiger partial charge in [0, 0.05) is 18.7 Å². The summed E-state index contributed by atoms with van der Waals surface area (Å²) in [4.78, 5) is 60.0. The van der Waals surface area contributed by atoms with Crippen molar-refractivity contribution in [3.63, 3.8) is 0 Å². The molecule has 1 aliphatic heterocycles. The second-order valence-electron chi connectivity index (χ2n) is 5.34. The number of aromatic amines is 1. The fourth-order valence-electron chi connectivity index (χ4n) is 2.16. The molecule has 2 heterocycles. The summed E-state index contributed by atoms with van der Waals surface area (Å²) in [6.45, 7) is -0.876. The molecule has 6 N–H and O–H groups in total. The maximum absolute atomic E-state index is 11.7. The first-order valence-corrected chi connectivity index (χ1v) is 11.6. The van der Waals surface area contributed by atoms with Crippen molar-refractivity contribution in [1.82, 2.24) is 9.55 Å². The number of nitrogens with zero attached hydrogens (tertiary/aromatic N) is 1. The number of H-pyrrole nitrogens is 1. The lowest BCUT2D eigenvalue weighted by molar-refractivity contribution is -0.0450. The van der Waals surface area contributed by atoms with E-state index in [1.165, 1.54) is 0 Å².